The summed E-state index contributed by atoms with van der Waals surface area (Å²) in [6.45, 7) is 4.56. The van der Waals surface area contributed by atoms with Crippen LogP contribution >= 0.6 is 68.0 Å². The molecule has 0 atom stereocenters. The predicted molar refractivity (Wildman–Crippen MR) is 198 cm³/mol. The number of hydrogen-bond acceptors (Lipinski definition) is 5. The van der Waals surface area contributed by atoms with E-state index in [-0.39, 0.29) is 0 Å². The summed E-state index contributed by atoms with van der Waals surface area (Å²) in [5.74, 6) is 0. The van der Waals surface area contributed by atoms with Gasteiger partial charge in [0.1, 0.15) is 0 Å². The van der Waals surface area contributed by atoms with E-state index in [1.807, 2.05) is 56.7 Å². The summed E-state index contributed by atoms with van der Waals surface area (Å²) in [5.41, 5.74) is 0. The SMILES string of the molecule is CCCCCCc1ccc(-c2ccc(-c3ccc(-c4ccc(-c5ccc(-c6ccc(CCCCCC)s6)[sH+]5)s4)s3)s2)s1. The topological polar surface area (TPSA) is 0 Å². The summed E-state index contributed by atoms with van der Waals surface area (Å²) in [5, 5.41) is 0. The van der Waals surface area contributed by atoms with Gasteiger partial charge in [-0.3, -0.25) is 0 Å². The molecule has 0 saturated carbocycles. The monoisotopic (exact) mass is 663 g/mol. The lowest BCUT2D eigenvalue weighted by Crippen LogP contribution is -1.80. The molecule has 0 unspecified atom stereocenters. The van der Waals surface area contributed by atoms with E-state index >= 15 is 0 Å². The van der Waals surface area contributed by atoms with Gasteiger partial charge in [-0.05, 0) is 97.7 Å². The Morgan fingerprint density at radius 1 is 0.381 bits per heavy atom. The lowest BCUT2D eigenvalue weighted by atomic mass is 10.1. The average Bonchev–Trinajstić information content (AvgIpc) is 3.83. The summed E-state index contributed by atoms with van der Waals surface area (Å²) >= 11 is 11.1. The van der Waals surface area contributed by atoms with E-state index in [0.717, 1.165) is 0 Å². The lowest BCUT2D eigenvalue weighted by molar-refractivity contribution is 0.670. The van der Waals surface area contributed by atoms with Gasteiger partial charge in [-0.1, -0.05) is 52.4 Å². The molecule has 218 valence electrons. The van der Waals surface area contributed by atoms with Crippen LogP contribution in [0.4, 0.5) is 0 Å². The zero-order valence-electron chi connectivity index (χ0n) is 24.5. The molecule has 0 aliphatic carbocycles. The lowest BCUT2D eigenvalue weighted by Gasteiger charge is -1.96. The summed E-state index contributed by atoms with van der Waals surface area (Å²) in [6.07, 6.45) is 13.1. The quantitative estimate of drug-likeness (QED) is 0.0757. The molecule has 6 heteroatoms. The van der Waals surface area contributed by atoms with E-state index in [4.69, 9.17) is 0 Å². The smallest absolute Gasteiger partial charge is 0.139 e. The molecule has 6 aromatic heterocycles. The Morgan fingerprint density at radius 2 is 0.738 bits per heavy atom. The van der Waals surface area contributed by atoms with Crippen molar-refractivity contribution in [1.29, 1.82) is 0 Å². The van der Waals surface area contributed by atoms with Crippen molar-refractivity contribution < 1.29 is 0 Å². The Kier molecular flexibility index (Phi) is 10.6. The van der Waals surface area contributed by atoms with Crippen molar-refractivity contribution in [1.82, 2.24) is 0 Å². The molecule has 0 aliphatic rings. The van der Waals surface area contributed by atoms with Crippen LogP contribution < -0.4 is 0 Å². The summed E-state index contributed by atoms with van der Waals surface area (Å²) in [6, 6.07) is 27.9. The highest BCUT2D eigenvalue weighted by molar-refractivity contribution is 7.30. The standard InChI is InChI=1S/C36H38S6/c1-3-5-7-9-11-25-13-15-27(37-25)29-17-19-31(39-29)33-21-23-35(41-33)36-24-22-34(42-36)32-20-18-30(40-32)28-16-14-26(38-28)12-10-8-6-4-2/h13-24H,3-12H2,1-2H3/p+1. The summed E-state index contributed by atoms with van der Waals surface area (Å²) in [4.78, 5) is 17.1. The van der Waals surface area contributed by atoms with Crippen molar-refractivity contribution in [3.05, 3.63) is 82.6 Å². The van der Waals surface area contributed by atoms with Crippen LogP contribution in [0.25, 0.3) is 48.8 Å². The molecule has 0 aromatic carbocycles. The fourth-order valence-electron chi connectivity index (χ4n) is 5.20. The van der Waals surface area contributed by atoms with Gasteiger partial charge in [-0.25, -0.2) is 0 Å². The Hall–Kier alpha value is -1.80. The molecular formula is C36H39S6+. The van der Waals surface area contributed by atoms with Gasteiger partial charge >= 0.3 is 0 Å². The second-order valence-electron chi connectivity index (χ2n) is 10.9. The molecule has 0 fully saturated rings. The van der Waals surface area contributed by atoms with E-state index in [1.165, 1.54) is 134 Å². The highest BCUT2D eigenvalue weighted by Gasteiger charge is 2.18. The van der Waals surface area contributed by atoms with Gasteiger partial charge in [0.25, 0.3) is 0 Å². The van der Waals surface area contributed by atoms with Gasteiger partial charge in [0.05, 0.1) is 9.75 Å². The molecule has 6 heterocycles. The zero-order chi connectivity index (χ0) is 28.7. The van der Waals surface area contributed by atoms with Gasteiger partial charge in [0.15, 0.2) is 9.75 Å². The first-order valence-corrected chi connectivity index (χ1v) is 20.3. The molecule has 0 saturated heterocycles. The molecule has 0 bridgehead atoms. The van der Waals surface area contributed by atoms with Crippen LogP contribution in [0.15, 0.2) is 72.8 Å². The maximum Gasteiger partial charge on any atom is 0.188 e. The molecular weight excluding hydrogens is 625 g/mol. The normalized spacial score (nSPS) is 11.6. The maximum atomic E-state index is 2.35. The van der Waals surface area contributed by atoms with Crippen LogP contribution in [0.3, 0.4) is 0 Å². The molecule has 42 heavy (non-hydrogen) atoms. The number of thiophene rings is 6. The Labute approximate surface area is 275 Å². The van der Waals surface area contributed by atoms with E-state index in [9.17, 15) is 0 Å². The van der Waals surface area contributed by atoms with Crippen molar-refractivity contribution in [3.8, 4) is 48.8 Å². The second kappa shape index (κ2) is 14.8. The van der Waals surface area contributed by atoms with Gasteiger partial charge < -0.3 is 0 Å². The number of hydrogen-bond donors (Lipinski definition) is 0. The Balaban J connectivity index is 1.09. The molecule has 0 radical (unpaired) electrons. The largest absolute Gasteiger partial charge is 0.188 e. The summed E-state index contributed by atoms with van der Waals surface area (Å²) in [7, 11) is 0. The van der Waals surface area contributed by atoms with Gasteiger partial charge in [-0.15, -0.1) is 56.7 Å². The van der Waals surface area contributed by atoms with Crippen LogP contribution in [-0.4, -0.2) is 0 Å². The molecule has 0 nitrogen and oxygen atoms in total. The molecule has 6 aromatic rings. The van der Waals surface area contributed by atoms with Crippen LogP contribution in [0.5, 0.6) is 0 Å². The molecule has 6 rings (SSSR count). The molecule has 0 N–H and O–H groups in total. The second-order valence-corrected chi connectivity index (χ2v) is 17.6. The minimum Gasteiger partial charge on any atom is -0.139 e. The summed E-state index contributed by atoms with van der Waals surface area (Å²) < 4.78 is 0. The Morgan fingerprint density at radius 3 is 1.24 bits per heavy atom. The number of unbranched alkanes of at least 4 members (excludes halogenated alkanes) is 6. The first-order valence-electron chi connectivity index (χ1n) is 15.3. The first kappa shape index (κ1) is 30.2. The van der Waals surface area contributed by atoms with Crippen molar-refractivity contribution in [2.75, 3.05) is 0 Å². The van der Waals surface area contributed by atoms with E-state index < -0.39 is 0 Å². The number of aryl methyl sites for hydroxylation is 2. The third kappa shape index (κ3) is 7.46. The van der Waals surface area contributed by atoms with E-state index in [1.54, 1.807) is 0 Å². The predicted octanol–water partition coefficient (Wildman–Crippen LogP) is 14.4. The first-order chi connectivity index (χ1) is 20.7. The molecule has 0 amide bonds. The van der Waals surface area contributed by atoms with Crippen molar-refractivity contribution in [2.45, 2.75) is 78.1 Å². The minimum atomic E-state index is 1.22. The van der Waals surface area contributed by atoms with Crippen LogP contribution in [0, 0.1) is 0 Å². The Bertz CT molecular complexity index is 1550. The van der Waals surface area contributed by atoms with Crippen LogP contribution in [0.1, 0.15) is 75.0 Å². The van der Waals surface area contributed by atoms with E-state index in [0.29, 0.717) is 0 Å². The average molecular weight is 664 g/mol. The van der Waals surface area contributed by atoms with Crippen molar-refractivity contribution in [3.63, 3.8) is 0 Å². The van der Waals surface area contributed by atoms with Crippen molar-refractivity contribution in [2.24, 2.45) is 0 Å². The number of rotatable bonds is 15. The molecule has 0 aliphatic heterocycles. The maximum absolute atomic E-state index is 2.35. The van der Waals surface area contributed by atoms with Crippen LogP contribution in [-0.2, 0) is 12.8 Å². The molecule has 0 spiro atoms. The third-order valence-corrected chi connectivity index (χ3v) is 15.3. The highest BCUT2D eigenvalue weighted by Crippen LogP contribution is 2.46. The van der Waals surface area contributed by atoms with Gasteiger partial charge in [0.2, 0.25) is 0 Å². The minimum absolute atomic E-state index is 1.22. The fraction of sp³-hybridized carbons (Fsp3) is 0.333. The van der Waals surface area contributed by atoms with Gasteiger partial charge in [0, 0.05) is 51.1 Å². The van der Waals surface area contributed by atoms with Gasteiger partial charge in [-0.2, -0.15) is 0 Å². The fourth-order valence-corrected chi connectivity index (χ4v) is 11.9. The third-order valence-electron chi connectivity index (χ3n) is 7.57. The van der Waals surface area contributed by atoms with E-state index in [2.05, 4.69) is 86.6 Å². The highest BCUT2D eigenvalue weighted by atomic mass is 32.1. The zero-order valence-corrected chi connectivity index (χ0v) is 29.5. The van der Waals surface area contributed by atoms with Crippen LogP contribution in [0.2, 0.25) is 0 Å². The van der Waals surface area contributed by atoms with Crippen molar-refractivity contribution >= 4 is 68.0 Å².